The van der Waals surface area contributed by atoms with Crippen LogP contribution in [0, 0.1) is 0 Å². The SMILES string of the molecule is O=C1c2cc(Br)c(Br)n2[C@@H]2N=C(Sc3ccccc3)N[C@@]23CCCN13. The number of thioether (sulfide) groups is 1. The third kappa shape index (κ3) is 2.20. The van der Waals surface area contributed by atoms with Crippen LogP contribution in [0.5, 0.6) is 0 Å². The summed E-state index contributed by atoms with van der Waals surface area (Å²) in [6.45, 7) is 0.765. The fourth-order valence-electron chi connectivity index (χ4n) is 3.96. The number of nitrogens with zero attached hydrogens (tertiary/aromatic N) is 3. The van der Waals surface area contributed by atoms with Gasteiger partial charge in [0.25, 0.3) is 5.91 Å². The standard InChI is InChI=1S/C17H14Br2N4OS/c18-11-9-12-14(24)22-8-4-7-17(22)15(23(12)13(11)19)20-16(21-17)25-10-5-2-1-3-6-10/h1-3,5-6,9,15H,4,7-8H2,(H,20,21)/t15-,17+/m0/s1. The molecule has 1 spiro atoms. The molecule has 3 aliphatic heterocycles. The van der Waals surface area contributed by atoms with Crippen LogP contribution in [0.1, 0.15) is 29.5 Å². The van der Waals surface area contributed by atoms with E-state index in [0.29, 0.717) is 5.69 Å². The summed E-state index contributed by atoms with van der Waals surface area (Å²) in [5, 5.41) is 4.45. The molecule has 128 valence electrons. The molecule has 5 nitrogen and oxygen atoms in total. The Labute approximate surface area is 166 Å². The van der Waals surface area contributed by atoms with Crippen LogP contribution in [-0.2, 0) is 0 Å². The molecule has 1 aromatic heterocycles. The molecular weight excluding hydrogens is 468 g/mol. The molecule has 2 aromatic rings. The monoisotopic (exact) mass is 480 g/mol. The van der Waals surface area contributed by atoms with Gasteiger partial charge in [0.2, 0.25) is 0 Å². The molecular formula is C17H14Br2N4OS. The van der Waals surface area contributed by atoms with Crippen molar-refractivity contribution in [1.29, 1.82) is 0 Å². The minimum absolute atomic E-state index is 0.0637. The van der Waals surface area contributed by atoms with Crippen molar-refractivity contribution in [2.75, 3.05) is 6.54 Å². The van der Waals surface area contributed by atoms with Crippen LogP contribution in [0.15, 0.2) is 55.4 Å². The summed E-state index contributed by atoms with van der Waals surface area (Å²) in [5.74, 6) is 0.0637. The molecule has 1 N–H and O–H groups in total. The molecule has 0 unspecified atom stereocenters. The van der Waals surface area contributed by atoms with Gasteiger partial charge in [-0.05, 0) is 62.9 Å². The minimum Gasteiger partial charge on any atom is -0.338 e. The van der Waals surface area contributed by atoms with Crippen molar-refractivity contribution in [3.05, 3.63) is 51.2 Å². The van der Waals surface area contributed by atoms with Gasteiger partial charge in [-0.2, -0.15) is 0 Å². The highest BCUT2D eigenvalue weighted by Crippen LogP contribution is 2.49. The Hall–Kier alpha value is -1.25. The number of aliphatic imine (C=N–C) groups is 1. The zero-order valence-electron chi connectivity index (χ0n) is 13.1. The van der Waals surface area contributed by atoms with E-state index >= 15 is 0 Å². The van der Waals surface area contributed by atoms with E-state index in [4.69, 9.17) is 4.99 Å². The number of rotatable bonds is 1. The first kappa shape index (κ1) is 16.0. The van der Waals surface area contributed by atoms with Crippen LogP contribution in [-0.4, -0.2) is 32.7 Å². The van der Waals surface area contributed by atoms with Crippen LogP contribution in [0.3, 0.4) is 0 Å². The van der Waals surface area contributed by atoms with Crippen molar-refractivity contribution in [2.45, 2.75) is 29.6 Å². The van der Waals surface area contributed by atoms with Gasteiger partial charge in [-0.1, -0.05) is 30.0 Å². The van der Waals surface area contributed by atoms with Gasteiger partial charge in [-0.15, -0.1) is 0 Å². The molecule has 0 saturated carbocycles. The smallest absolute Gasteiger partial charge is 0.272 e. The van der Waals surface area contributed by atoms with E-state index in [9.17, 15) is 4.79 Å². The van der Waals surface area contributed by atoms with E-state index in [-0.39, 0.29) is 12.1 Å². The van der Waals surface area contributed by atoms with Gasteiger partial charge in [0.1, 0.15) is 10.3 Å². The van der Waals surface area contributed by atoms with E-state index < -0.39 is 5.66 Å². The van der Waals surface area contributed by atoms with Crippen molar-refractivity contribution in [2.24, 2.45) is 4.99 Å². The lowest BCUT2D eigenvalue weighted by atomic mass is 10.0. The second-order valence-electron chi connectivity index (χ2n) is 6.37. The second kappa shape index (κ2) is 5.62. The van der Waals surface area contributed by atoms with Crippen LogP contribution < -0.4 is 5.32 Å². The van der Waals surface area contributed by atoms with Crippen LogP contribution in [0.25, 0.3) is 0 Å². The molecule has 0 bridgehead atoms. The topological polar surface area (TPSA) is 49.6 Å². The molecule has 4 heterocycles. The van der Waals surface area contributed by atoms with Gasteiger partial charge >= 0.3 is 0 Å². The Morgan fingerprint density at radius 2 is 2.08 bits per heavy atom. The van der Waals surface area contributed by atoms with Crippen LogP contribution >= 0.6 is 43.6 Å². The maximum absolute atomic E-state index is 13.0. The Balaban J connectivity index is 1.61. The van der Waals surface area contributed by atoms with Gasteiger partial charge in [0.15, 0.2) is 17.0 Å². The number of hydrogen-bond acceptors (Lipinski definition) is 4. The summed E-state index contributed by atoms with van der Waals surface area (Å²) in [4.78, 5) is 21.1. The highest BCUT2D eigenvalue weighted by Gasteiger charge is 2.58. The first-order valence-corrected chi connectivity index (χ1v) is 10.5. The zero-order chi connectivity index (χ0) is 17.2. The normalized spacial score (nSPS) is 26.8. The number of carbonyl (C=O) groups is 1. The summed E-state index contributed by atoms with van der Waals surface area (Å²) in [6.07, 6.45) is 1.72. The summed E-state index contributed by atoms with van der Waals surface area (Å²) >= 11 is 8.77. The quantitative estimate of drug-likeness (QED) is 0.663. The van der Waals surface area contributed by atoms with E-state index in [2.05, 4.69) is 49.3 Å². The highest BCUT2D eigenvalue weighted by atomic mass is 79.9. The minimum atomic E-state index is -0.456. The number of carbonyl (C=O) groups excluding carboxylic acids is 1. The van der Waals surface area contributed by atoms with E-state index in [1.165, 1.54) is 0 Å². The lowest BCUT2D eigenvalue weighted by Crippen LogP contribution is -2.62. The molecule has 25 heavy (non-hydrogen) atoms. The third-order valence-electron chi connectivity index (χ3n) is 5.01. The Kier molecular flexibility index (Phi) is 3.59. The molecule has 1 saturated heterocycles. The molecule has 2 atom stereocenters. The number of benzene rings is 1. The number of amidine groups is 1. The summed E-state index contributed by atoms with van der Waals surface area (Å²) in [5.41, 5.74) is 0.222. The molecule has 1 amide bonds. The van der Waals surface area contributed by atoms with E-state index in [1.807, 2.05) is 33.7 Å². The van der Waals surface area contributed by atoms with E-state index in [0.717, 1.165) is 38.5 Å². The number of fused-ring (bicyclic) bond motifs is 2. The van der Waals surface area contributed by atoms with Crippen molar-refractivity contribution >= 4 is 54.7 Å². The number of hydrogen-bond donors (Lipinski definition) is 1. The average molecular weight is 482 g/mol. The Morgan fingerprint density at radius 1 is 1.28 bits per heavy atom. The fourth-order valence-corrected chi connectivity index (χ4v) is 5.76. The van der Waals surface area contributed by atoms with Gasteiger partial charge < -0.3 is 14.8 Å². The maximum atomic E-state index is 13.0. The van der Waals surface area contributed by atoms with E-state index in [1.54, 1.807) is 11.8 Å². The van der Waals surface area contributed by atoms with Gasteiger partial charge in [0.05, 0.1) is 4.47 Å². The fraction of sp³-hybridized carbons (Fsp3) is 0.294. The predicted octanol–water partition coefficient (Wildman–Crippen LogP) is 4.21. The summed E-state index contributed by atoms with van der Waals surface area (Å²) in [7, 11) is 0. The number of nitrogens with one attached hydrogen (secondary N) is 1. The number of amides is 1. The van der Waals surface area contributed by atoms with Crippen LogP contribution in [0.2, 0.25) is 0 Å². The predicted molar refractivity (Wildman–Crippen MR) is 105 cm³/mol. The molecule has 8 heteroatoms. The number of aromatic nitrogens is 1. The molecule has 3 aliphatic rings. The maximum Gasteiger partial charge on any atom is 0.272 e. The lowest BCUT2D eigenvalue weighted by molar-refractivity contribution is 0.0324. The third-order valence-corrected chi connectivity index (χ3v) is 7.86. The Morgan fingerprint density at radius 3 is 2.88 bits per heavy atom. The number of halogens is 2. The lowest BCUT2D eigenvalue weighted by Gasteiger charge is -2.44. The summed E-state index contributed by atoms with van der Waals surface area (Å²) < 4.78 is 3.76. The summed E-state index contributed by atoms with van der Waals surface area (Å²) in [6, 6.07) is 12.1. The van der Waals surface area contributed by atoms with Crippen molar-refractivity contribution in [3.8, 4) is 0 Å². The zero-order valence-corrected chi connectivity index (χ0v) is 17.1. The van der Waals surface area contributed by atoms with Gasteiger partial charge in [-0.3, -0.25) is 4.79 Å². The average Bonchev–Trinajstić information content (AvgIpc) is 3.26. The van der Waals surface area contributed by atoms with Crippen molar-refractivity contribution in [3.63, 3.8) is 0 Å². The largest absolute Gasteiger partial charge is 0.338 e. The van der Waals surface area contributed by atoms with Gasteiger partial charge in [-0.25, -0.2) is 4.99 Å². The van der Waals surface area contributed by atoms with Gasteiger partial charge in [0, 0.05) is 11.4 Å². The molecule has 1 fully saturated rings. The first-order valence-electron chi connectivity index (χ1n) is 8.07. The van der Waals surface area contributed by atoms with Crippen molar-refractivity contribution < 1.29 is 4.79 Å². The highest BCUT2D eigenvalue weighted by molar-refractivity contribution is 9.13. The van der Waals surface area contributed by atoms with Crippen LogP contribution in [0.4, 0.5) is 0 Å². The molecule has 0 radical (unpaired) electrons. The molecule has 5 rings (SSSR count). The first-order chi connectivity index (χ1) is 12.1. The Bertz CT molecular complexity index is 913. The van der Waals surface area contributed by atoms with Crippen molar-refractivity contribution in [1.82, 2.24) is 14.8 Å². The second-order valence-corrected chi connectivity index (χ2v) is 9.04. The molecule has 1 aromatic carbocycles. The molecule has 0 aliphatic carbocycles.